The quantitative estimate of drug-likeness (QED) is 0.632. The highest BCUT2D eigenvalue weighted by Gasteiger charge is 2.15. The van der Waals surface area contributed by atoms with E-state index in [1.54, 1.807) is 54.6 Å². The first-order valence-corrected chi connectivity index (χ1v) is 9.02. The highest BCUT2D eigenvalue weighted by molar-refractivity contribution is 6.31. The van der Waals surface area contributed by atoms with Gasteiger partial charge in [0.05, 0.1) is 17.2 Å². The molecule has 0 unspecified atom stereocenters. The van der Waals surface area contributed by atoms with Gasteiger partial charge in [-0.1, -0.05) is 35.9 Å². The van der Waals surface area contributed by atoms with Gasteiger partial charge in [-0.15, -0.1) is 0 Å². The van der Waals surface area contributed by atoms with E-state index in [1.807, 2.05) is 12.1 Å². The summed E-state index contributed by atoms with van der Waals surface area (Å²) >= 11 is 6.02. The number of nitriles is 1. The van der Waals surface area contributed by atoms with Gasteiger partial charge in [0.15, 0.2) is 6.61 Å². The average molecular weight is 406 g/mol. The van der Waals surface area contributed by atoms with Gasteiger partial charge in [-0.2, -0.15) is 5.26 Å². The number of carbonyl (C=O) groups excluding carboxylic acids is 2. The number of anilines is 2. The molecule has 7 heteroatoms. The first-order chi connectivity index (χ1) is 14.0. The number of rotatable bonds is 6. The maximum Gasteiger partial charge on any atom is 0.262 e. The molecule has 3 rings (SSSR count). The van der Waals surface area contributed by atoms with Gasteiger partial charge in [-0.05, 0) is 48.5 Å². The van der Waals surface area contributed by atoms with Crippen molar-refractivity contribution in [1.29, 1.82) is 5.26 Å². The summed E-state index contributed by atoms with van der Waals surface area (Å²) in [6.45, 7) is -0.315. The van der Waals surface area contributed by atoms with Crippen LogP contribution in [0.4, 0.5) is 11.4 Å². The average Bonchev–Trinajstić information content (AvgIpc) is 2.73. The minimum absolute atomic E-state index is 0.209. The molecule has 0 saturated heterocycles. The molecule has 0 aliphatic carbocycles. The van der Waals surface area contributed by atoms with Gasteiger partial charge in [0.1, 0.15) is 5.75 Å². The Hall–Kier alpha value is -3.82. The number of amides is 2. The highest BCUT2D eigenvalue weighted by Crippen LogP contribution is 2.24. The number of halogens is 1. The lowest BCUT2D eigenvalue weighted by Crippen LogP contribution is -2.21. The molecule has 0 radical (unpaired) electrons. The Kier molecular flexibility index (Phi) is 6.46. The Morgan fingerprint density at radius 2 is 1.69 bits per heavy atom. The molecule has 0 aromatic heterocycles. The monoisotopic (exact) mass is 405 g/mol. The highest BCUT2D eigenvalue weighted by atomic mass is 35.5. The molecule has 0 aliphatic heterocycles. The third kappa shape index (κ3) is 5.58. The first kappa shape index (κ1) is 19.9. The Morgan fingerprint density at radius 1 is 0.931 bits per heavy atom. The van der Waals surface area contributed by atoms with Crippen molar-refractivity contribution >= 4 is 34.8 Å². The zero-order valence-corrected chi connectivity index (χ0v) is 15.9. The lowest BCUT2D eigenvalue weighted by molar-refractivity contribution is -0.118. The summed E-state index contributed by atoms with van der Waals surface area (Å²) in [5, 5.41) is 14.7. The molecule has 144 valence electrons. The Morgan fingerprint density at radius 3 is 2.45 bits per heavy atom. The summed E-state index contributed by atoms with van der Waals surface area (Å²) in [6, 6.07) is 22.1. The summed E-state index contributed by atoms with van der Waals surface area (Å²) in [5.74, 6) is -0.607. The standard InChI is InChI=1S/C22H16ClN3O3/c23-16-9-10-20(19(12-16)22(28)26-17-6-2-1-3-7-17)29-14-21(27)25-18-8-4-5-15(11-18)13-24/h1-12H,14H2,(H,25,27)(H,26,28). The molecule has 0 atom stereocenters. The van der Waals surface area contributed by atoms with E-state index >= 15 is 0 Å². The molecule has 3 aromatic carbocycles. The molecule has 0 spiro atoms. The number of nitrogens with one attached hydrogen (secondary N) is 2. The van der Waals surface area contributed by atoms with Gasteiger partial charge in [-0.25, -0.2) is 0 Å². The number of benzene rings is 3. The van der Waals surface area contributed by atoms with Gasteiger partial charge < -0.3 is 15.4 Å². The second-order valence-electron chi connectivity index (χ2n) is 5.99. The van der Waals surface area contributed by atoms with Crippen LogP contribution in [0.15, 0.2) is 72.8 Å². The number of hydrogen-bond acceptors (Lipinski definition) is 4. The molecule has 6 nitrogen and oxygen atoms in total. The van der Waals surface area contributed by atoms with Crippen molar-refractivity contribution in [2.45, 2.75) is 0 Å². The van der Waals surface area contributed by atoms with Crippen molar-refractivity contribution in [3.05, 3.63) is 88.9 Å². The lowest BCUT2D eigenvalue weighted by atomic mass is 10.2. The van der Waals surface area contributed by atoms with Crippen LogP contribution in [0, 0.1) is 11.3 Å². The molecule has 0 aliphatic rings. The van der Waals surface area contributed by atoms with Crippen molar-refractivity contribution in [2.75, 3.05) is 17.2 Å². The molecule has 2 N–H and O–H groups in total. The molecule has 0 bridgehead atoms. The second-order valence-corrected chi connectivity index (χ2v) is 6.43. The van der Waals surface area contributed by atoms with Crippen molar-refractivity contribution < 1.29 is 14.3 Å². The molecular formula is C22H16ClN3O3. The predicted octanol–water partition coefficient (Wildman–Crippen LogP) is 4.48. The van der Waals surface area contributed by atoms with Crippen LogP contribution in [0.1, 0.15) is 15.9 Å². The van der Waals surface area contributed by atoms with Crippen molar-refractivity contribution in [2.24, 2.45) is 0 Å². The summed E-state index contributed by atoms with van der Waals surface area (Å²) in [6.07, 6.45) is 0. The number of para-hydroxylation sites is 1. The number of ether oxygens (including phenoxy) is 1. The van der Waals surface area contributed by atoms with Crippen LogP contribution < -0.4 is 15.4 Å². The molecule has 0 fully saturated rings. The van der Waals surface area contributed by atoms with E-state index in [2.05, 4.69) is 10.6 Å². The number of hydrogen-bond donors (Lipinski definition) is 2. The summed E-state index contributed by atoms with van der Waals surface area (Å²) in [5.41, 5.74) is 1.75. The predicted molar refractivity (Wildman–Crippen MR) is 111 cm³/mol. The minimum atomic E-state index is -0.426. The van der Waals surface area contributed by atoms with E-state index in [9.17, 15) is 9.59 Å². The van der Waals surface area contributed by atoms with Crippen molar-refractivity contribution in [1.82, 2.24) is 0 Å². The fourth-order valence-corrected chi connectivity index (χ4v) is 2.70. The Labute approximate surface area is 172 Å². The van der Waals surface area contributed by atoms with Crippen molar-refractivity contribution in [3.63, 3.8) is 0 Å². The van der Waals surface area contributed by atoms with Crippen LogP contribution in [-0.2, 0) is 4.79 Å². The lowest BCUT2D eigenvalue weighted by Gasteiger charge is -2.12. The van der Waals surface area contributed by atoms with Crippen LogP contribution in [0.3, 0.4) is 0 Å². The summed E-state index contributed by atoms with van der Waals surface area (Å²) in [7, 11) is 0. The van der Waals surface area contributed by atoms with Gasteiger partial charge in [0.25, 0.3) is 11.8 Å². The zero-order chi connectivity index (χ0) is 20.6. The Bertz CT molecular complexity index is 1080. The van der Waals surface area contributed by atoms with E-state index in [0.29, 0.717) is 22.0 Å². The van der Waals surface area contributed by atoms with E-state index in [-0.39, 0.29) is 17.9 Å². The van der Waals surface area contributed by atoms with Crippen LogP contribution in [-0.4, -0.2) is 18.4 Å². The summed E-state index contributed by atoms with van der Waals surface area (Å²) < 4.78 is 5.55. The second kappa shape index (κ2) is 9.40. The maximum absolute atomic E-state index is 12.6. The minimum Gasteiger partial charge on any atom is -0.483 e. The molecule has 0 heterocycles. The maximum atomic E-state index is 12.6. The Balaban J connectivity index is 1.68. The number of carbonyl (C=O) groups is 2. The molecular weight excluding hydrogens is 390 g/mol. The SMILES string of the molecule is N#Cc1cccc(NC(=O)COc2ccc(Cl)cc2C(=O)Nc2ccccc2)c1. The van der Waals surface area contributed by atoms with Gasteiger partial charge >= 0.3 is 0 Å². The van der Waals surface area contributed by atoms with E-state index < -0.39 is 11.8 Å². The molecule has 2 amide bonds. The van der Waals surface area contributed by atoms with Crippen LogP contribution in [0.2, 0.25) is 5.02 Å². The van der Waals surface area contributed by atoms with E-state index in [1.165, 1.54) is 12.1 Å². The third-order valence-electron chi connectivity index (χ3n) is 3.85. The van der Waals surface area contributed by atoms with Gasteiger partial charge in [-0.3, -0.25) is 9.59 Å². The smallest absolute Gasteiger partial charge is 0.262 e. The molecule has 0 saturated carbocycles. The van der Waals surface area contributed by atoms with Crippen LogP contribution >= 0.6 is 11.6 Å². The van der Waals surface area contributed by atoms with Gasteiger partial charge in [0, 0.05) is 16.4 Å². The molecule has 29 heavy (non-hydrogen) atoms. The van der Waals surface area contributed by atoms with Crippen molar-refractivity contribution in [3.8, 4) is 11.8 Å². The van der Waals surface area contributed by atoms with Gasteiger partial charge in [0.2, 0.25) is 0 Å². The van der Waals surface area contributed by atoms with Crippen LogP contribution in [0.5, 0.6) is 5.75 Å². The molecule has 3 aromatic rings. The largest absolute Gasteiger partial charge is 0.483 e. The fourth-order valence-electron chi connectivity index (χ4n) is 2.53. The first-order valence-electron chi connectivity index (χ1n) is 8.64. The fraction of sp³-hybridized carbons (Fsp3) is 0.0455. The van der Waals surface area contributed by atoms with E-state index in [4.69, 9.17) is 21.6 Å². The topological polar surface area (TPSA) is 91.2 Å². The zero-order valence-electron chi connectivity index (χ0n) is 15.2. The summed E-state index contributed by atoms with van der Waals surface area (Å²) in [4.78, 5) is 24.8. The number of nitrogens with zero attached hydrogens (tertiary/aromatic N) is 1. The van der Waals surface area contributed by atoms with Crippen LogP contribution in [0.25, 0.3) is 0 Å². The third-order valence-corrected chi connectivity index (χ3v) is 4.09. The normalized spacial score (nSPS) is 9.93. The van der Waals surface area contributed by atoms with E-state index in [0.717, 1.165) is 0 Å².